The summed E-state index contributed by atoms with van der Waals surface area (Å²) in [7, 11) is 1.53. The molecule has 0 unspecified atom stereocenters. The van der Waals surface area contributed by atoms with Gasteiger partial charge in [0, 0.05) is 24.1 Å². The number of nitrogens with one attached hydrogen (secondary N) is 2. The number of carbonyl (C=O) groups is 2. The summed E-state index contributed by atoms with van der Waals surface area (Å²) < 4.78 is 9.70. The van der Waals surface area contributed by atoms with Crippen molar-refractivity contribution in [3.63, 3.8) is 0 Å². The fourth-order valence-corrected chi connectivity index (χ4v) is 1.67. The van der Waals surface area contributed by atoms with E-state index in [4.69, 9.17) is 9.47 Å². The Balaban J connectivity index is 2.60. The minimum absolute atomic E-state index is 0.165. The molecule has 1 aromatic rings. The minimum atomic E-state index is -0.567. The number of methoxy groups -OCH3 is 1. The van der Waals surface area contributed by atoms with E-state index >= 15 is 0 Å². The van der Waals surface area contributed by atoms with Gasteiger partial charge in [0.05, 0.1) is 6.61 Å². The molecule has 0 heterocycles. The van der Waals surface area contributed by atoms with Crippen molar-refractivity contribution in [1.29, 1.82) is 0 Å². The molecular weight excluding hydrogens is 284 g/mol. The highest BCUT2D eigenvalue weighted by molar-refractivity contribution is 6.03. The van der Waals surface area contributed by atoms with Gasteiger partial charge in [-0.2, -0.15) is 0 Å². The van der Waals surface area contributed by atoms with Gasteiger partial charge in [-0.3, -0.25) is 10.1 Å². The summed E-state index contributed by atoms with van der Waals surface area (Å²) in [5.74, 6) is -0.165. The van der Waals surface area contributed by atoms with Gasteiger partial charge in [-0.1, -0.05) is 19.1 Å². The van der Waals surface area contributed by atoms with E-state index in [9.17, 15) is 9.59 Å². The number of rotatable bonds is 7. The first-order chi connectivity index (χ1) is 10.6. The highest BCUT2D eigenvalue weighted by Gasteiger charge is 2.07. The first-order valence-corrected chi connectivity index (χ1v) is 7.07. The number of allylic oxidation sites excluding steroid dienone is 1. The number of hydrogen-bond donors (Lipinski definition) is 2. The standard InChI is InChI=1S/C16H22N2O4/c1-4-6-12(2)15(19)17-13-7-5-8-14(11-13)18-16(20)22-10-9-21-3/h5-8,11H,4,9-10H2,1-3H3,(H,17,19)(H,18,20)/b12-6-. The van der Waals surface area contributed by atoms with E-state index in [1.165, 1.54) is 7.11 Å². The number of hydrogen-bond acceptors (Lipinski definition) is 4. The van der Waals surface area contributed by atoms with Crippen molar-refractivity contribution in [3.05, 3.63) is 35.9 Å². The third-order valence-electron chi connectivity index (χ3n) is 2.76. The van der Waals surface area contributed by atoms with Crippen LogP contribution in [0.5, 0.6) is 0 Å². The van der Waals surface area contributed by atoms with Gasteiger partial charge in [0.15, 0.2) is 0 Å². The maximum absolute atomic E-state index is 11.9. The van der Waals surface area contributed by atoms with Crippen LogP contribution in [0, 0.1) is 0 Å². The molecule has 0 aliphatic carbocycles. The Bertz CT molecular complexity index is 541. The fraction of sp³-hybridized carbons (Fsp3) is 0.375. The molecule has 1 rings (SSSR count). The molecular formula is C16H22N2O4. The predicted octanol–water partition coefficient (Wildman–Crippen LogP) is 3.18. The zero-order valence-electron chi connectivity index (χ0n) is 13.1. The van der Waals surface area contributed by atoms with Crippen LogP contribution < -0.4 is 10.6 Å². The lowest BCUT2D eigenvalue weighted by molar-refractivity contribution is -0.112. The van der Waals surface area contributed by atoms with Crippen LogP contribution in [0.3, 0.4) is 0 Å². The lowest BCUT2D eigenvalue weighted by Gasteiger charge is -2.09. The first-order valence-electron chi connectivity index (χ1n) is 7.07. The highest BCUT2D eigenvalue weighted by atomic mass is 16.6. The van der Waals surface area contributed by atoms with E-state index in [2.05, 4.69) is 10.6 Å². The van der Waals surface area contributed by atoms with Crippen LogP contribution in [0.2, 0.25) is 0 Å². The molecule has 22 heavy (non-hydrogen) atoms. The van der Waals surface area contributed by atoms with Crippen LogP contribution in [0.1, 0.15) is 20.3 Å². The molecule has 0 radical (unpaired) electrons. The van der Waals surface area contributed by atoms with Crippen LogP contribution in [-0.4, -0.2) is 32.3 Å². The van der Waals surface area contributed by atoms with E-state index < -0.39 is 6.09 Å². The minimum Gasteiger partial charge on any atom is -0.447 e. The summed E-state index contributed by atoms with van der Waals surface area (Å²) in [4.78, 5) is 23.4. The van der Waals surface area contributed by atoms with Crippen LogP contribution in [0.4, 0.5) is 16.2 Å². The number of anilines is 2. The first kappa shape index (κ1) is 17.7. The Morgan fingerprint density at radius 1 is 1.18 bits per heavy atom. The van der Waals surface area contributed by atoms with Crippen LogP contribution in [-0.2, 0) is 14.3 Å². The van der Waals surface area contributed by atoms with Gasteiger partial charge in [0.1, 0.15) is 6.61 Å². The molecule has 0 aliphatic heterocycles. The molecule has 6 nitrogen and oxygen atoms in total. The fourth-order valence-electron chi connectivity index (χ4n) is 1.67. The average Bonchev–Trinajstić information content (AvgIpc) is 2.48. The van der Waals surface area contributed by atoms with Crippen molar-refractivity contribution in [2.75, 3.05) is 31.0 Å². The van der Waals surface area contributed by atoms with Gasteiger partial charge in [0.25, 0.3) is 5.91 Å². The number of amides is 2. The van der Waals surface area contributed by atoms with Crippen LogP contribution in [0.15, 0.2) is 35.9 Å². The van der Waals surface area contributed by atoms with Gasteiger partial charge in [0.2, 0.25) is 0 Å². The maximum Gasteiger partial charge on any atom is 0.411 e. The Kier molecular flexibility index (Phi) is 7.70. The van der Waals surface area contributed by atoms with E-state index in [0.29, 0.717) is 23.6 Å². The van der Waals surface area contributed by atoms with Crippen molar-refractivity contribution < 1.29 is 19.1 Å². The average molecular weight is 306 g/mol. The van der Waals surface area contributed by atoms with E-state index in [1.807, 2.05) is 13.0 Å². The topological polar surface area (TPSA) is 76.7 Å². The van der Waals surface area contributed by atoms with E-state index in [-0.39, 0.29) is 12.5 Å². The zero-order chi connectivity index (χ0) is 16.4. The maximum atomic E-state index is 11.9. The Labute approximate surface area is 130 Å². The van der Waals surface area contributed by atoms with E-state index in [1.54, 1.807) is 31.2 Å². The second-order valence-corrected chi connectivity index (χ2v) is 4.58. The second kappa shape index (κ2) is 9.57. The highest BCUT2D eigenvalue weighted by Crippen LogP contribution is 2.16. The van der Waals surface area contributed by atoms with Gasteiger partial charge >= 0.3 is 6.09 Å². The molecule has 0 aromatic heterocycles. The summed E-state index contributed by atoms with van der Waals surface area (Å²) in [5, 5.41) is 5.36. The molecule has 2 amide bonds. The van der Waals surface area contributed by atoms with Crippen LogP contribution in [0.25, 0.3) is 0 Å². The Morgan fingerprint density at radius 3 is 2.50 bits per heavy atom. The molecule has 120 valence electrons. The SMILES string of the molecule is CC/C=C(/C)C(=O)Nc1cccc(NC(=O)OCCOC)c1. The summed E-state index contributed by atoms with van der Waals surface area (Å²) in [6.07, 6.45) is 2.08. The Morgan fingerprint density at radius 2 is 1.86 bits per heavy atom. The van der Waals surface area contributed by atoms with Gasteiger partial charge in [-0.25, -0.2) is 4.79 Å². The van der Waals surface area contributed by atoms with Crippen molar-refractivity contribution in [3.8, 4) is 0 Å². The quantitative estimate of drug-likeness (QED) is 0.599. The van der Waals surface area contributed by atoms with Crippen molar-refractivity contribution in [2.24, 2.45) is 0 Å². The molecule has 2 N–H and O–H groups in total. The number of carbonyl (C=O) groups excluding carboxylic acids is 2. The number of ether oxygens (including phenoxy) is 2. The van der Waals surface area contributed by atoms with Gasteiger partial charge in [-0.15, -0.1) is 0 Å². The predicted molar refractivity (Wildman–Crippen MR) is 86.0 cm³/mol. The lowest BCUT2D eigenvalue weighted by Crippen LogP contribution is -2.17. The third kappa shape index (κ3) is 6.41. The zero-order valence-corrected chi connectivity index (χ0v) is 13.1. The van der Waals surface area contributed by atoms with Gasteiger partial charge in [-0.05, 0) is 31.5 Å². The molecule has 0 fully saturated rings. The molecule has 6 heteroatoms. The normalized spacial score (nSPS) is 11.0. The molecule has 1 aromatic carbocycles. The van der Waals surface area contributed by atoms with E-state index in [0.717, 1.165) is 6.42 Å². The van der Waals surface area contributed by atoms with Crippen molar-refractivity contribution >= 4 is 23.4 Å². The number of benzene rings is 1. The molecule has 0 atom stereocenters. The Hall–Kier alpha value is -2.34. The monoisotopic (exact) mass is 306 g/mol. The lowest BCUT2D eigenvalue weighted by atomic mass is 10.2. The summed E-state index contributed by atoms with van der Waals surface area (Å²) in [6, 6.07) is 6.86. The third-order valence-corrected chi connectivity index (χ3v) is 2.76. The molecule has 0 saturated carbocycles. The molecule has 0 bridgehead atoms. The summed E-state index contributed by atoms with van der Waals surface area (Å²) in [6.45, 7) is 4.25. The van der Waals surface area contributed by atoms with Gasteiger partial charge < -0.3 is 14.8 Å². The summed E-state index contributed by atoms with van der Waals surface area (Å²) in [5.41, 5.74) is 1.79. The molecule has 0 aliphatic rings. The smallest absolute Gasteiger partial charge is 0.411 e. The second-order valence-electron chi connectivity index (χ2n) is 4.58. The summed E-state index contributed by atoms with van der Waals surface area (Å²) >= 11 is 0. The molecule has 0 spiro atoms. The largest absolute Gasteiger partial charge is 0.447 e. The van der Waals surface area contributed by atoms with Crippen LogP contribution >= 0.6 is 0 Å². The van der Waals surface area contributed by atoms with Crippen molar-refractivity contribution in [2.45, 2.75) is 20.3 Å². The molecule has 0 saturated heterocycles. The van der Waals surface area contributed by atoms with Crippen molar-refractivity contribution in [1.82, 2.24) is 0 Å².